The van der Waals surface area contributed by atoms with E-state index in [2.05, 4.69) is 36.4 Å². The van der Waals surface area contributed by atoms with Gasteiger partial charge < -0.3 is 14.8 Å². The Balaban J connectivity index is 1.42. The van der Waals surface area contributed by atoms with E-state index in [9.17, 15) is 4.79 Å². The summed E-state index contributed by atoms with van der Waals surface area (Å²) >= 11 is 0. The molecule has 148 valence electrons. The van der Waals surface area contributed by atoms with Crippen molar-refractivity contribution in [1.29, 1.82) is 0 Å². The minimum atomic E-state index is -0.216. The zero-order valence-corrected chi connectivity index (χ0v) is 16.5. The van der Waals surface area contributed by atoms with Gasteiger partial charge in [-0.15, -0.1) is 5.10 Å². The fraction of sp³-hybridized carbons (Fsp3) is 0.227. The smallest absolute Gasteiger partial charge is 0.248 e. The quantitative estimate of drug-likeness (QED) is 0.683. The summed E-state index contributed by atoms with van der Waals surface area (Å²) in [6, 6.07) is 13.0. The zero-order chi connectivity index (χ0) is 20.4. The number of anilines is 1. The molecule has 3 aromatic rings. The third-order valence-corrected chi connectivity index (χ3v) is 4.52. The predicted molar refractivity (Wildman–Crippen MR) is 110 cm³/mol. The molecule has 2 heterocycles. The second-order valence-electron chi connectivity index (χ2n) is 7.76. The van der Waals surface area contributed by atoms with Crippen molar-refractivity contribution in [3.63, 3.8) is 0 Å². The second-order valence-corrected chi connectivity index (χ2v) is 7.76. The molecule has 0 aliphatic carbocycles. The normalized spacial score (nSPS) is 13.1. The highest BCUT2D eigenvalue weighted by molar-refractivity contribution is 6.02. The number of carbonyl (C=O) groups excluding carboxylic acids is 1. The molecule has 29 heavy (non-hydrogen) atoms. The van der Waals surface area contributed by atoms with E-state index in [0.29, 0.717) is 17.2 Å². The molecule has 7 nitrogen and oxygen atoms in total. The molecule has 1 N–H and O–H groups in total. The molecule has 0 saturated heterocycles. The fourth-order valence-corrected chi connectivity index (χ4v) is 3.00. The maximum Gasteiger partial charge on any atom is 0.248 e. The number of benzene rings is 2. The number of hydrogen-bond acceptors (Lipinski definition) is 5. The Morgan fingerprint density at radius 1 is 1.10 bits per heavy atom. The summed E-state index contributed by atoms with van der Waals surface area (Å²) in [5.41, 5.74) is 3.39. The highest BCUT2D eigenvalue weighted by Gasteiger charge is 2.20. The third-order valence-electron chi connectivity index (χ3n) is 4.52. The maximum absolute atomic E-state index is 12.2. The van der Waals surface area contributed by atoms with Crippen LogP contribution in [-0.2, 0) is 10.2 Å². The van der Waals surface area contributed by atoms with Gasteiger partial charge >= 0.3 is 0 Å². The van der Waals surface area contributed by atoms with Crippen LogP contribution in [0.5, 0.6) is 11.5 Å². The first-order valence-corrected chi connectivity index (χ1v) is 9.30. The van der Waals surface area contributed by atoms with Crippen molar-refractivity contribution < 1.29 is 14.3 Å². The largest absolute Gasteiger partial charge is 0.454 e. The summed E-state index contributed by atoms with van der Waals surface area (Å²) in [5.74, 6) is 1.19. The Labute approximate surface area is 169 Å². The first-order valence-electron chi connectivity index (χ1n) is 9.30. The molecule has 0 unspecified atom stereocenters. The number of aromatic nitrogens is 3. The van der Waals surface area contributed by atoms with Crippen LogP contribution in [0.4, 0.5) is 5.69 Å². The van der Waals surface area contributed by atoms with Crippen LogP contribution >= 0.6 is 0 Å². The topological polar surface area (TPSA) is 78.3 Å². The minimum absolute atomic E-state index is 0.0735. The molecule has 0 atom stereocenters. The van der Waals surface area contributed by atoms with E-state index in [0.717, 1.165) is 16.9 Å². The predicted octanol–water partition coefficient (Wildman–Crippen LogP) is 3.95. The van der Waals surface area contributed by atoms with E-state index in [4.69, 9.17) is 9.47 Å². The Bertz CT molecular complexity index is 1060. The molecule has 0 saturated carbocycles. The van der Waals surface area contributed by atoms with E-state index in [1.54, 1.807) is 12.3 Å². The van der Waals surface area contributed by atoms with Crippen molar-refractivity contribution in [3.8, 4) is 17.2 Å². The van der Waals surface area contributed by atoms with Crippen LogP contribution in [0.1, 0.15) is 32.0 Å². The van der Waals surface area contributed by atoms with Gasteiger partial charge in [-0.05, 0) is 48.0 Å². The molecule has 0 radical (unpaired) electrons. The van der Waals surface area contributed by atoms with Crippen molar-refractivity contribution in [3.05, 3.63) is 66.0 Å². The molecule has 0 bridgehead atoms. The molecule has 0 spiro atoms. The van der Waals surface area contributed by atoms with Gasteiger partial charge in [0.2, 0.25) is 12.7 Å². The Morgan fingerprint density at radius 2 is 1.86 bits per heavy atom. The van der Waals surface area contributed by atoms with Crippen molar-refractivity contribution in [2.75, 3.05) is 12.1 Å². The third kappa shape index (κ3) is 4.13. The molecule has 4 rings (SSSR count). The Kier molecular flexibility index (Phi) is 4.80. The first-order chi connectivity index (χ1) is 13.9. The van der Waals surface area contributed by atoms with Crippen molar-refractivity contribution >= 4 is 17.7 Å². The first kappa shape index (κ1) is 18.7. The molecule has 1 aromatic heterocycles. The van der Waals surface area contributed by atoms with Crippen LogP contribution in [0.3, 0.4) is 0 Å². The number of hydrogen-bond donors (Lipinski definition) is 1. The van der Waals surface area contributed by atoms with Crippen molar-refractivity contribution in [1.82, 2.24) is 15.0 Å². The highest BCUT2D eigenvalue weighted by Crippen LogP contribution is 2.32. The molecular weight excluding hydrogens is 368 g/mol. The van der Waals surface area contributed by atoms with Gasteiger partial charge in [-0.1, -0.05) is 32.1 Å². The lowest BCUT2D eigenvalue weighted by Gasteiger charge is -2.19. The highest BCUT2D eigenvalue weighted by atomic mass is 16.7. The van der Waals surface area contributed by atoms with Crippen molar-refractivity contribution in [2.45, 2.75) is 26.2 Å². The van der Waals surface area contributed by atoms with Gasteiger partial charge in [0.1, 0.15) is 0 Å². The van der Waals surface area contributed by atoms with E-state index in [-0.39, 0.29) is 18.1 Å². The van der Waals surface area contributed by atoms with Crippen LogP contribution in [0.2, 0.25) is 0 Å². The summed E-state index contributed by atoms with van der Waals surface area (Å²) < 4.78 is 12.4. The summed E-state index contributed by atoms with van der Waals surface area (Å²) in [6.07, 6.45) is 4.99. The molecule has 1 aliphatic heterocycles. The molecule has 2 aromatic carbocycles. The summed E-state index contributed by atoms with van der Waals surface area (Å²) in [5, 5.41) is 11.1. The molecule has 1 amide bonds. The van der Waals surface area contributed by atoms with Gasteiger partial charge in [-0.25, -0.2) is 4.68 Å². The second kappa shape index (κ2) is 7.43. The van der Waals surface area contributed by atoms with Crippen LogP contribution in [-0.4, -0.2) is 27.7 Å². The molecule has 1 aliphatic rings. The van der Waals surface area contributed by atoms with E-state index < -0.39 is 0 Å². The molecular formula is C22H22N4O3. The summed E-state index contributed by atoms with van der Waals surface area (Å²) in [7, 11) is 0. The Morgan fingerprint density at radius 3 is 2.62 bits per heavy atom. The van der Waals surface area contributed by atoms with Gasteiger partial charge in [0.05, 0.1) is 17.6 Å². The number of rotatable bonds is 4. The lowest BCUT2D eigenvalue weighted by atomic mass is 9.92. The summed E-state index contributed by atoms with van der Waals surface area (Å²) in [6.45, 7) is 6.57. The number of carbonyl (C=O) groups is 1. The van der Waals surface area contributed by atoms with Crippen LogP contribution < -0.4 is 14.8 Å². The SMILES string of the molecule is CC(C)(C)c1cnnn1-c1ccc(NC(=O)/C=C\c2ccc3c(c2)OCO3)cc1. The average molecular weight is 390 g/mol. The zero-order valence-electron chi connectivity index (χ0n) is 16.5. The molecule has 0 fully saturated rings. The molecule has 7 heteroatoms. The van der Waals surface area contributed by atoms with Gasteiger partial charge in [0.15, 0.2) is 11.5 Å². The lowest BCUT2D eigenvalue weighted by Crippen LogP contribution is -2.17. The lowest BCUT2D eigenvalue weighted by molar-refractivity contribution is -0.111. The van der Waals surface area contributed by atoms with Gasteiger partial charge in [0.25, 0.3) is 0 Å². The average Bonchev–Trinajstić information content (AvgIpc) is 3.35. The standard InChI is InChI=1S/C22H22N4O3/c1-22(2,3)20-13-23-25-26(20)17-8-6-16(7-9-17)24-21(27)11-5-15-4-10-18-19(12-15)29-14-28-18/h4-13H,14H2,1-3H3,(H,24,27)/b11-5-. The van der Waals surface area contributed by atoms with E-state index >= 15 is 0 Å². The minimum Gasteiger partial charge on any atom is -0.454 e. The van der Waals surface area contributed by atoms with Crippen LogP contribution in [0, 0.1) is 0 Å². The number of fused-ring (bicyclic) bond motifs is 1. The van der Waals surface area contributed by atoms with E-state index in [1.165, 1.54) is 6.08 Å². The van der Waals surface area contributed by atoms with Crippen LogP contribution in [0.25, 0.3) is 11.8 Å². The Hall–Kier alpha value is -3.61. The van der Waals surface area contributed by atoms with Crippen molar-refractivity contribution in [2.24, 2.45) is 0 Å². The number of amides is 1. The fourth-order valence-electron chi connectivity index (χ4n) is 3.00. The van der Waals surface area contributed by atoms with Crippen LogP contribution in [0.15, 0.2) is 54.7 Å². The van der Waals surface area contributed by atoms with Gasteiger partial charge in [-0.3, -0.25) is 4.79 Å². The number of nitrogens with one attached hydrogen (secondary N) is 1. The number of ether oxygens (including phenoxy) is 2. The van der Waals surface area contributed by atoms with E-state index in [1.807, 2.05) is 47.1 Å². The van der Waals surface area contributed by atoms with Gasteiger partial charge in [-0.2, -0.15) is 0 Å². The summed E-state index contributed by atoms with van der Waals surface area (Å²) in [4.78, 5) is 12.2. The maximum atomic E-state index is 12.2. The van der Waals surface area contributed by atoms with Gasteiger partial charge in [0, 0.05) is 17.2 Å². The number of nitrogens with zero attached hydrogens (tertiary/aromatic N) is 3. The monoisotopic (exact) mass is 390 g/mol.